The van der Waals surface area contributed by atoms with Crippen molar-refractivity contribution in [2.45, 2.75) is 0 Å². The Morgan fingerprint density at radius 1 is 0.857 bits per heavy atom. The average molecular weight is 344 g/mol. The molecule has 0 atom stereocenters. The Kier molecular flexibility index (Phi) is 1.83. The van der Waals surface area contributed by atoms with E-state index in [1.165, 1.54) is 0 Å². The van der Waals surface area contributed by atoms with E-state index in [9.17, 15) is 0 Å². The number of hydrogen-bond acceptors (Lipinski definition) is 0. The minimum absolute atomic E-state index is 0. The second-order valence-corrected chi connectivity index (χ2v) is 1.08. The normalized spacial score (nSPS) is 6.86. The molecule has 0 N–H and O–H groups in total. The van der Waals surface area contributed by atoms with E-state index in [0.29, 0.717) is 0 Å². The van der Waals surface area contributed by atoms with Gasteiger partial charge in [0.25, 0.3) is 0 Å². The molecule has 0 aliphatic rings. The first kappa shape index (κ1) is 5.22. The van der Waals surface area contributed by atoms with Crippen molar-refractivity contribution in [3.8, 4) is 0 Å². The Hall–Kier alpha value is -1.78. The summed E-state index contributed by atoms with van der Waals surface area (Å²) >= 11 is 0. The van der Waals surface area contributed by atoms with Crippen LogP contribution in [0.3, 0.4) is 0 Å². The summed E-state index contributed by atoms with van der Waals surface area (Å²) in [6, 6.07) is 12.5. The first-order chi connectivity index (χ1) is 3.00. The summed E-state index contributed by atoms with van der Waals surface area (Å²) < 4.78 is 0. The van der Waals surface area contributed by atoms with Crippen LogP contribution in [0.25, 0.3) is 0 Å². The maximum absolute atomic E-state index is 2.89. The van der Waals surface area contributed by atoms with E-state index in [-0.39, 0.29) is 0 Å². The molecule has 32 valence electrons. The molecular formula is C6H5Rf-. The fourth-order valence-electron chi connectivity index (χ4n) is 0.342. The van der Waals surface area contributed by atoms with Gasteiger partial charge in [-0.05, 0) is 0 Å². The van der Waals surface area contributed by atoms with Crippen LogP contribution in [0.2, 0.25) is 0 Å². The maximum atomic E-state index is 2.89. The molecule has 0 fully saturated rings. The molecule has 0 heterocycles. The summed E-state index contributed by atoms with van der Waals surface area (Å²) in [6.45, 7) is 0. The zero-order chi connectivity index (χ0) is 4.24. The van der Waals surface area contributed by atoms with Gasteiger partial charge in [-0.3, -0.25) is 0 Å². The van der Waals surface area contributed by atoms with Gasteiger partial charge in [-0.25, -0.2) is 0 Å². The van der Waals surface area contributed by atoms with E-state index in [0.717, 1.165) is 0 Å². The molecule has 0 aliphatic heterocycles. The van der Waals surface area contributed by atoms with Crippen molar-refractivity contribution < 1.29 is 0 Å². The van der Waals surface area contributed by atoms with E-state index in [2.05, 4.69) is 6.07 Å². The number of benzene rings is 1. The Morgan fingerprint density at radius 3 is 1.57 bits per heavy atom. The molecule has 0 radical (unpaired) electrons. The Morgan fingerprint density at radius 2 is 1.43 bits per heavy atom. The monoisotopic (exact) mass is 344 g/mol. The van der Waals surface area contributed by atoms with Crippen LogP contribution in [0.5, 0.6) is 0 Å². The molecule has 0 nitrogen and oxygen atoms in total. The third-order valence-corrected chi connectivity index (χ3v) is 0.607. The van der Waals surface area contributed by atoms with Crippen LogP contribution in [0.1, 0.15) is 0 Å². The summed E-state index contributed by atoms with van der Waals surface area (Å²) in [6.07, 6.45) is 0. The zero-order valence-electron chi connectivity index (χ0n) is 4.09. The van der Waals surface area contributed by atoms with Crippen molar-refractivity contribution in [2.75, 3.05) is 0 Å². The van der Waals surface area contributed by atoms with Crippen LogP contribution in [0.15, 0.2) is 30.3 Å². The topological polar surface area (TPSA) is 0 Å². The smallest absolute Gasteiger partial charge is 0 e. The minimum atomic E-state index is 0. The molecule has 1 rings (SSSR count). The third kappa shape index (κ3) is 1.17. The Bertz CT molecular complexity index is 76.1. The van der Waals surface area contributed by atoms with Crippen LogP contribution in [0.4, 0.5) is 0 Å². The van der Waals surface area contributed by atoms with Gasteiger partial charge in [-0.1, -0.05) is 0 Å². The molecule has 0 amide bonds. The van der Waals surface area contributed by atoms with Gasteiger partial charge in [0, 0.05) is 0 Å². The molecule has 0 saturated heterocycles. The van der Waals surface area contributed by atoms with Gasteiger partial charge < -0.3 is 0 Å². The molecule has 0 unspecified atom stereocenters. The summed E-state index contributed by atoms with van der Waals surface area (Å²) in [5.41, 5.74) is 0. The van der Waals surface area contributed by atoms with Gasteiger partial charge >= 0.3 is 0 Å². The van der Waals surface area contributed by atoms with Gasteiger partial charge in [0.1, 0.15) is 0 Å². The zero-order valence-corrected chi connectivity index (χ0v) is 10.5. The van der Waals surface area contributed by atoms with Crippen molar-refractivity contribution in [2.24, 2.45) is 0 Å². The van der Waals surface area contributed by atoms with E-state index in [1.807, 2.05) is 30.3 Å². The Labute approximate surface area is 37.4 Å². The summed E-state index contributed by atoms with van der Waals surface area (Å²) in [5, 5.41) is 0. The molecule has 0 bridgehead atoms. The standard InChI is InChI=1S/C6H5.Rf/c1-2-4-6-5-3-1;/h1-5H;/q-1;. The molecular weight excluding hydrogens is 339 g/mol. The van der Waals surface area contributed by atoms with Gasteiger partial charge in [-0.2, -0.15) is 36.4 Å². The fraction of sp³-hybridized carbons (Fsp3) is 0. The minimum Gasteiger partial charge on any atom is -0.184 e. The second-order valence-electron chi connectivity index (χ2n) is 1.08. The van der Waals surface area contributed by atoms with Crippen LogP contribution in [0, 0.1) is 6.07 Å². The van der Waals surface area contributed by atoms with Crippen molar-refractivity contribution in [1.82, 2.24) is 0 Å². The van der Waals surface area contributed by atoms with Crippen molar-refractivity contribution >= 4 is 0 Å². The molecule has 0 spiro atoms. The van der Waals surface area contributed by atoms with Crippen LogP contribution >= 0.6 is 0 Å². The largest absolute Gasteiger partial charge is 0.184 e. The van der Waals surface area contributed by atoms with E-state index in [1.54, 1.807) is 0 Å². The predicted molar refractivity (Wildman–Crippen MR) is 25.3 cm³/mol. The van der Waals surface area contributed by atoms with Crippen LogP contribution in [-0.4, -0.2) is 0 Å². The molecule has 1 heteroatoms. The van der Waals surface area contributed by atoms with E-state index in [4.69, 9.17) is 0 Å². The average Bonchev–Trinajstić information content (AvgIpc) is 1.72. The summed E-state index contributed by atoms with van der Waals surface area (Å²) in [5.74, 6) is 0. The van der Waals surface area contributed by atoms with Crippen LogP contribution in [-0.2, 0) is 0 Å². The van der Waals surface area contributed by atoms with E-state index < -0.39 is 0 Å². The molecule has 7 heavy (non-hydrogen) atoms. The van der Waals surface area contributed by atoms with Crippen molar-refractivity contribution in [1.29, 1.82) is 0 Å². The first-order valence-corrected chi connectivity index (χ1v) is 1.91. The predicted octanol–water partition coefficient (Wildman–Crippen LogP) is 1.49. The summed E-state index contributed by atoms with van der Waals surface area (Å²) in [4.78, 5) is 0. The second kappa shape index (κ2) is 2.46. The SMILES string of the molecule is [Rf].[c-]1ccccc1. The van der Waals surface area contributed by atoms with Crippen molar-refractivity contribution in [3.05, 3.63) is 36.4 Å². The molecule has 1 aromatic rings. The third-order valence-electron chi connectivity index (χ3n) is 0.607. The maximum Gasteiger partial charge on any atom is 0 e. The van der Waals surface area contributed by atoms with Crippen molar-refractivity contribution in [3.63, 3.8) is 0 Å². The van der Waals surface area contributed by atoms with Gasteiger partial charge in [0.2, 0.25) is 0 Å². The summed E-state index contributed by atoms with van der Waals surface area (Å²) in [7, 11) is 0. The molecule has 0 saturated carbocycles. The first-order valence-electron chi connectivity index (χ1n) is 1.91. The molecule has 1 aromatic carbocycles. The fourth-order valence-corrected chi connectivity index (χ4v) is 0.342. The number of rotatable bonds is 0. The van der Waals surface area contributed by atoms with Crippen LogP contribution < -0.4 is 0 Å². The van der Waals surface area contributed by atoms with Gasteiger partial charge in [-0.15, -0.1) is 0 Å². The van der Waals surface area contributed by atoms with E-state index >= 15 is 0 Å². The quantitative estimate of drug-likeness (QED) is 0.626. The van der Waals surface area contributed by atoms with Gasteiger partial charge in [0.15, 0.2) is 0 Å². The molecule has 0 aliphatic carbocycles. The molecule has 0 aromatic heterocycles. The van der Waals surface area contributed by atoms with Gasteiger partial charge in [0.05, 0.1) is 0 Å². The number of hydrogen-bond donors (Lipinski definition) is 0. The Balaban J connectivity index is 0.000000360.